The minimum absolute atomic E-state index is 0.00861. The molecule has 1 aromatic carbocycles. The van der Waals surface area contributed by atoms with Crippen LogP contribution in [0.15, 0.2) is 42.9 Å². The minimum atomic E-state index is -2.70. The third-order valence-corrected chi connectivity index (χ3v) is 4.12. The smallest absolute Gasteiger partial charge is 0.255 e. The number of rotatable bonds is 7. The Balaban J connectivity index is 1.97. The van der Waals surface area contributed by atoms with E-state index < -0.39 is 24.7 Å². The van der Waals surface area contributed by atoms with Gasteiger partial charge in [-0.2, -0.15) is 0 Å². The van der Waals surface area contributed by atoms with Gasteiger partial charge in [0.1, 0.15) is 5.82 Å². The monoisotopic (exact) mass is 437 g/mol. The Bertz CT molecular complexity index is 1070. The highest BCUT2D eigenvalue weighted by molar-refractivity contribution is 6.30. The summed E-state index contributed by atoms with van der Waals surface area (Å²) in [4.78, 5) is 24.4. The molecule has 0 unspecified atom stereocenters. The number of amides is 1. The van der Waals surface area contributed by atoms with Crippen LogP contribution in [-0.2, 0) is 0 Å². The Morgan fingerprint density at radius 3 is 2.80 bits per heavy atom. The molecule has 0 saturated carbocycles. The van der Waals surface area contributed by atoms with Gasteiger partial charge in [-0.05, 0) is 24.3 Å². The molecule has 2 heterocycles. The van der Waals surface area contributed by atoms with Crippen LogP contribution in [0.1, 0.15) is 10.4 Å². The number of carbonyl (C=O) groups is 1. The fourth-order valence-electron chi connectivity index (χ4n) is 2.49. The van der Waals surface area contributed by atoms with E-state index in [1.54, 1.807) is 0 Å². The predicted octanol–water partition coefficient (Wildman–Crippen LogP) is 4.08. The van der Waals surface area contributed by atoms with Crippen LogP contribution in [0.4, 0.5) is 24.7 Å². The topological polar surface area (TPSA) is 89.0 Å². The molecule has 0 aliphatic carbocycles. The summed E-state index contributed by atoms with van der Waals surface area (Å²) in [5.41, 5.74) is 0.304. The lowest BCUT2D eigenvalue weighted by atomic mass is 10.2. The zero-order valence-electron chi connectivity index (χ0n) is 15.5. The first-order valence-electron chi connectivity index (χ1n) is 8.53. The molecule has 0 radical (unpaired) electrons. The van der Waals surface area contributed by atoms with E-state index >= 15 is 0 Å². The lowest BCUT2D eigenvalue weighted by molar-refractivity contribution is 0.0892. The second-order valence-electron chi connectivity index (χ2n) is 5.88. The van der Waals surface area contributed by atoms with Gasteiger partial charge < -0.3 is 15.4 Å². The van der Waals surface area contributed by atoms with Crippen molar-refractivity contribution in [3.8, 4) is 17.1 Å². The first-order chi connectivity index (χ1) is 14.4. The first-order valence-corrected chi connectivity index (χ1v) is 8.90. The lowest BCUT2D eigenvalue weighted by Crippen LogP contribution is -2.29. The van der Waals surface area contributed by atoms with Crippen molar-refractivity contribution in [3.63, 3.8) is 0 Å². The third kappa shape index (κ3) is 4.95. The van der Waals surface area contributed by atoms with Gasteiger partial charge in [-0.3, -0.25) is 9.78 Å². The van der Waals surface area contributed by atoms with E-state index in [1.807, 2.05) is 0 Å². The quantitative estimate of drug-likeness (QED) is 0.579. The summed E-state index contributed by atoms with van der Waals surface area (Å²) in [6, 6.07) is 5.41. The van der Waals surface area contributed by atoms with Crippen molar-refractivity contribution in [2.24, 2.45) is 0 Å². The van der Waals surface area contributed by atoms with Crippen molar-refractivity contribution in [1.82, 2.24) is 20.3 Å². The van der Waals surface area contributed by atoms with E-state index in [0.29, 0.717) is 5.02 Å². The normalized spacial score (nSPS) is 10.7. The van der Waals surface area contributed by atoms with Crippen LogP contribution < -0.4 is 15.4 Å². The summed E-state index contributed by atoms with van der Waals surface area (Å²) < 4.78 is 44.2. The lowest BCUT2D eigenvalue weighted by Gasteiger charge is -2.14. The van der Waals surface area contributed by atoms with Crippen LogP contribution >= 0.6 is 11.6 Å². The van der Waals surface area contributed by atoms with Crippen molar-refractivity contribution in [1.29, 1.82) is 0 Å². The second-order valence-corrected chi connectivity index (χ2v) is 6.32. The fourth-order valence-corrected chi connectivity index (χ4v) is 2.66. The average molecular weight is 438 g/mol. The molecule has 7 nitrogen and oxygen atoms in total. The molecule has 0 atom stereocenters. The van der Waals surface area contributed by atoms with Crippen molar-refractivity contribution < 1.29 is 22.7 Å². The molecule has 3 aromatic rings. The molecule has 0 fully saturated rings. The molecule has 11 heteroatoms. The van der Waals surface area contributed by atoms with Gasteiger partial charge in [0.2, 0.25) is 0 Å². The van der Waals surface area contributed by atoms with E-state index in [-0.39, 0.29) is 34.2 Å². The number of nitrogens with one attached hydrogen (secondary N) is 2. The Labute approximate surface area is 174 Å². The van der Waals surface area contributed by atoms with Gasteiger partial charge in [0.25, 0.3) is 12.3 Å². The Morgan fingerprint density at radius 2 is 2.07 bits per heavy atom. The fraction of sp³-hybridized carbons (Fsp3) is 0.158. The van der Waals surface area contributed by atoms with Crippen LogP contribution in [0.5, 0.6) is 5.75 Å². The van der Waals surface area contributed by atoms with E-state index in [0.717, 1.165) is 0 Å². The molecule has 0 saturated heterocycles. The largest absolute Gasteiger partial charge is 0.491 e. The second kappa shape index (κ2) is 9.40. The summed E-state index contributed by atoms with van der Waals surface area (Å²) in [5.74, 6) is -0.976. The molecular weight excluding hydrogens is 423 g/mol. The Morgan fingerprint density at radius 1 is 1.27 bits per heavy atom. The molecule has 0 aliphatic heterocycles. The maximum absolute atomic E-state index is 14.2. The summed E-state index contributed by atoms with van der Waals surface area (Å²) in [5, 5.41) is 5.29. The number of nitrogens with zero attached hydrogens (tertiary/aromatic N) is 3. The minimum Gasteiger partial charge on any atom is -0.491 e. The predicted molar refractivity (Wildman–Crippen MR) is 105 cm³/mol. The van der Waals surface area contributed by atoms with Crippen LogP contribution in [-0.4, -0.2) is 40.9 Å². The van der Waals surface area contributed by atoms with Gasteiger partial charge in [-0.15, -0.1) is 0 Å². The maximum atomic E-state index is 14.2. The number of methoxy groups -OCH3 is 1. The van der Waals surface area contributed by atoms with Crippen molar-refractivity contribution in [2.45, 2.75) is 6.43 Å². The van der Waals surface area contributed by atoms with E-state index in [1.165, 1.54) is 50.0 Å². The molecule has 30 heavy (non-hydrogen) atoms. The van der Waals surface area contributed by atoms with E-state index in [4.69, 9.17) is 16.3 Å². The van der Waals surface area contributed by atoms with Crippen molar-refractivity contribution in [3.05, 3.63) is 59.3 Å². The summed E-state index contributed by atoms with van der Waals surface area (Å²) in [6.45, 7) is -0.803. The van der Waals surface area contributed by atoms with Gasteiger partial charge >= 0.3 is 0 Å². The highest BCUT2D eigenvalue weighted by Gasteiger charge is 2.17. The number of alkyl halides is 2. The SMILES string of the molecule is COc1cnc(-c2cc(Cl)ccc2F)nc1Nc1ccncc1C(=O)NCC(F)F. The molecule has 156 valence electrons. The molecule has 2 aromatic heterocycles. The number of hydrogen-bond acceptors (Lipinski definition) is 6. The number of aromatic nitrogens is 3. The molecule has 0 bridgehead atoms. The molecular formula is C19H15ClF3N5O2. The average Bonchev–Trinajstić information content (AvgIpc) is 2.74. The number of ether oxygens (including phenoxy) is 1. The zero-order chi connectivity index (χ0) is 21.7. The van der Waals surface area contributed by atoms with Crippen LogP contribution in [0.25, 0.3) is 11.4 Å². The first kappa shape index (κ1) is 21.3. The summed E-state index contributed by atoms with van der Waals surface area (Å²) >= 11 is 5.94. The van der Waals surface area contributed by atoms with Crippen LogP contribution in [0, 0.1) is 5.82 Å². The number of benzene rings is 1. The zero-order valence-corrected chi connectivity index (χ0v) is 16.3. The van der Waals surface area contributed by atoms with Gasteiger partial charge in [0.15, 0.2) is 17.4 Å². The molecule has 0 spiro atoms. The highest BCUT2D eigenvalue weighted by Crippen LogP contribution is 2.30. The van der Waals surface area contributed by atoms with Gasteiger partial charge in [-0.25, -0.2) is 23.1 Å². The Kier molecular flexibility index (Phi) is 6.68. The molecule has 2 N–H and O–H groups in total. The number of hydrogen-bond donors (Lipinski definition) is 2. The standard InChI is InChI=1S/C19H15ClF3N5O2/c1-30-15-8-25-17(11-6-10(20)2-3-13(11)21)28-18(15)27-14-4-5-24-7-12(14)19(29)26-9-16(22)23/h2-8,16H,9H2,1H3,(H,26,29)(H,24,25,27,28). The number of anilines is 2. The Hall–Kier alpha value is -3.40. The number of halogens is 4. The maximum Gasteiger partial charge on any atom is 0.255 e. The van der Waals surface area contributed by atoms with E-state index in [2.05, 4.69) is 25.6 Å². The van der Waals surface area contributed by atoms with E-state index in [9.17, 15) is 18.0 Å². The van der Waals surface area contributed by atoms with Crippen LogP contribution in [0.3, 0.4) is 0 Å². The highest BCUT2D eigenvalue weighted by atomic mass is 35.5. The van der Waals surface area contributed by atoms with Gasteiger partial charge in [0.05, 0.1) is 36.7 Å². The number of pyridine rings is 1. The van der Waals surface area contributed by atoms with Crippen LogP contribution in [0.2, 0.25) is 5.02 Å². The summed E-state index contributed by atoms with van der Waals surface area (Å²) in [6.07, 6.45) is 1.24. The molecule has 1 amide bonds. The van der Waals surface area contributed by atoms with Gasteiger partial charge in [0, 0.05) is 17.4 Å². The van der Waals surface area contributed by atoms with Gasteiger partial charge in [-0.1, -0.05) is 11.6 Å². The molecule has 0 aliphatic rings. The summed E-state index contributed by atoms with van der Waals surface area (Å²) in [7, 11) is 1.38. The number of carbonyl (C=O) groups excluding carboxylic acids is 1. The third-order valence-electron chi connectivity index (χ3n) is 3.88. The molecule has 3 rings (SSSR count). The van der Waals surface area contributed by atoms with Crippen molar-refractivity contribution >= 4 is 29.0 Å². The van der Waals surface area contributed by atoms with Crippen molar-refractivity contribution in [2.75, 3.05) is 19.0 Å².